The van der Waals surface area contributed by atoms with Gasteiger partial charge in [0.2, 0.25) is 0 Å². The lowest BCUT2D eigenvalue weighted by Crippen LogP contribution is -2.11. The monoisotopic (exact) mass is 243 g/mol. The molecule has 0 radical (unpaired) electrons. The van der Waals surface area contributed by atoms with E-state index in [-0.39, 0.29) is 5.91 Å². The predicted molar refractivity (Wildman–Crippen MR) is 71.7 cm³/mol. The third-order valence-corrected chi connectivity index (χ3v) is 2.80. The molecule has 4 nitrogen and oxygen atoms in total. The minimum absolute atomic E-state index is 0.139. The highest BCUT2D eigenvalue weighted by molar-refractivity contribution is 6.03. The van der Waals surface area contributed by atoms with E-state index in [1.165, 1.54) is 5.56 Å². The minimum atomic E-state index is -0.139. The molecule has 0 spiro atoms. The largest absolute Gasteiger partial charge is 0.322 e. The molecule has 1 amide bonds. The Hall–Kier alpha value is -2.10. The number of aryl methyl sites for hydroxylation is 1. The van der Waals surface area contributed by atoms with Gasteiger partial charge in [-0.25, -0.2) is 0 Å². The van der Waals surface area contributed by atoms with Crippen molar-refractivity contribution in [3.63, 3.8) is 0 Å². The molecule has 0 saturated carbocycles. The first-order valence-corrected chi connectivity index (χ1v) is 5.96. The van der Waals surface area contributed by atoms with Crippen LogP contribution in [0.2, 0.25) is 0 Å². The van der Waals surface area contributed by atoms with Gasteiger partial charge in [0.05, 0.1) is 11.8 Å². The van der Waals surface area contributed by atoms with Gasteiger partial charge in [0.1, 0.15) is 0 Å². The van der Waals surface area contributed by atoms with Crippen LogP contribution in [-0.4, -0.2) is 15.7 Å². The molecule has 0 aliphatic carbocycles. The van der Waals surface area contributed by atoms with Gasteiger partial charge in [-0.05, 0) is 23.6 Å². The van der Waals surface area contributed by atoms with Crippen molar-refractivity contribution in [3.05, 3.63) is 47.8 Å². The molecular formula is C14H17N3O. The zero-order valence-electron chi connectivity index (χ0n) is 10.8. The van der Waals surface area contributed by atoms with E-state index < -0.39 is 0 Å². The summed E-state index contributed by atoms with van der Waals surface area (Å²) < 4.78 is 1.61. The van der Waals surface area contributed by atoms with Crippen LogP contribution in [0.3, 0.4) is 0 Å². The standard InChI is InChI=1S/C14H17N3O/c1-10(2)11-4-6-13(7-5-11)16-14(18)12-8-15-17(3)9-12/h4-10H,1-3H3,(H,16,18). The quantitative estimate of drug-likeness (QED) is 0.901. The number of hydrogen-bond acceptors (Lipinski definition) is 2. The predicted octanol–water partition coefficient (Wildman–Crippen LogP) is 2.80. The van der Waals surface area contributed by atoms with Gasteiger partial charge in [-0.2, -0.15) is 5.10 Å². The van der Waals surface area contributed by atoms with Crippen LogP contribution >= 0.6 is 0 Å². The fourth-order valence-corrected chi connectivity index (χ4v) is 1.69. The first kappa shape index (κ1) is 12.4. The molecule has 0 bridgehead atoms. The highest BCUT2D eigenvalue weighted by Crippen LogP contribution is 2.17. The van der Waals surface area contributed by atoms with Gasteiger partial charge < -0.3 is 5.32 Å². The van der Waals surface area contributed by atoms with Crippen molar-refractivity contribution in [2.24, 2.45) is 7.05 Å². The topological polar surface area (TPSA) is 46.9 Å². The molecule has 2 rings (SSSR count). The molecule has 0 unspecified atom stereocenters. The molecule has 0 fully saturated rings. The molecule has 0 aliphatic rings. The number of nitrogens with one attached hydrogen (secondary N) is 1. The molecule has 1 N–H and O–H groups in total. The summed E-state index contributed by atoms with van der Waals surface area (Å²) in [6.45, 7) is 4.28. The maximum atomic E-state index is 11.9. The van der Waals surface area contributed by atoms with E-state index in [2.05, 4.69) is 24.3 Å². The van der Waals surface area contributed by atoms with Gasteiger partial charge in [0.15, 0.2) is 0 Å². The van der Waals surface area contributed by atoms with E-state index in [1.807, 2.05) is 24.3 Å². The summed E-state index contributed by atoms with van der Waals surface area (Å²) >= 11 is 0. The number of amides is 1. The Balaban J connectivity index is 2.07. The van der Waals surface area contributed by atoms with Crippen molar-refractivity contribution < 1.29 is 4.79 Å². The molecular weight excluding hydrogens is 226 g/mol. The number of rotatable bonds is 3. The van der Waals surface area contributed by atoms with Gasteiger partial charge in [-0.15, -0.1) is 0 Å². The van der Waals surface area contributed by atoms with Crippen LogP contribution in [0.5, 0.6) is 0 Å². The van der Waals surface area contributed by atoms with Crippen molar-refractivity contribution in [2.75, 3.05) is 5.32 Å². The molecule has 1 aromatic carbocycles. The third kappa shape index (κ3) is 2.77. The molecule has 1 aromatic heterocycles. The van der Waals surface area contributed by atoms with Crippen molar-refractivity contribution in [3.8, 4) is 0 Å². The van der Waals surface area contributed by atoms with Gasteiger partial charge in [-0.1, -0.05) is 26.0 Å². The number of nitrogens with zero attached hydrogens (tertiary/aromatic N) is 2. The summed E-state index contributed by atoms with van der Waals surface area (Å²) in [6.07, 6.45) is 3.25. The van der Waals surface area contributed by atoms with Gasteiger partial charge in [-0.3, -0.25) is 9.48 Å². The Kier molecular flexibility index (Phi) is 3.46. The van der Waals surface area contributed by atoms with E-state index >= 15 is 0 Å². The van der Waals surface area contributed by atoms with E-state index in [1.54, 1.807) is 24.1 Å². The van der Waals surface area contributed by atoms with Crippen molar-refractivity contribution >= 4 is 11.6 Å². The van der Waals surface area contributed by atoms with Crippen LogP contribution in [0.25, 0.3) is 0 Å². The highest BCUT2D eigenvalue weighted by Gasteiger charge is 2.08. The second-order valence-corrected chi connectivity index (χ2v) is 4.63. The Morgan fingerprint density at radius 2 is 1.94 bits per heavy atom. The molecule has 0 atom stereocenters. The van der Waals surface area contributed by atoms with Gasteiger partial charge in [0.25, 0.3) is 5.91 Å². The smallest absolute Gasteiger partial charge is 0.258 e. The van der Waals surface area contributed by atoms with Crippen molar-refractivity contribution in [2.45, 2.75) is 19.8 Å². The van der Waals surface area contributed by atoms with Gasteiger partial charge >= 0.3 is 0 Å². The zero-order chi connectivity index (χ0) is 13.1. The summed E-state index contributed by atoms with van der Waals surface area (Å²) in [7, 11) is 1.79. The number of benzene rings is 1. The average molecular weight is 243 g/mol. The van der Waals surface area contributed by atoms with Crippen LogP contribution in [0.15, 0.2) is 36.7 Å². The van der Waals surface area contributed by atoms with Crippen LogP contribution in [0, 0.1) is 0 Å². The molecule has 1 heterocycles. The highest BCUT2D eigenvalue weighted by atomic mass is 16.1. The fraction of sp³-hybridized carbons (Fsp3) is 0.286. The zero-order valence-corrected chi connectivity index (χ0v) is 10.8. The fourth-order valence-electron chi connectivity index (χ4n) is 1.69. The first-order valence-electron chi connectivity index (χ1n) is 5.96. The van der Waals surface area contributed by atoms with Crippen molar-refractivity contribution in [1.82, 2.24) is 9.78 Å². The maximum absolute atomic E-state index is 11.9. The van der Waals surface area contributed by atoms with E-state index in [9.17, 15) is 4.79 Å². The number of anilines is 1. The van der Waals surface area contributed by atoms with E-state index in [4.69, 9.17) is 0 Å². The summed E-state index contributed by atoms with van der Waals surface area (Å²) in [4.78, 5) is 11.9. The summed E-state index contributed by atoms with van der Waals surface area (Å²) in [5.41, 5.74) is 2.62. The molecule has 94 valence electrons. The Morgan fingerprint density at radius 1 is 1.28 bits per heavy atom. The van der Waals surface area contributed by atoms with Crippen molar-refractivity contribution in [1.29, 1.82) is 0 Å². The lowest BCUT2D eigenvalue weighted by molar-refractivity contribution is 0.102. The summed E-state index contributed by atoms with van der Waals surface area (Å²) in [5, 5.41) is 6.82. The molecule has 2 aromatic rings. The molecule has 0 saturated heterocycles. The Bertz CT molecular complexity index is 540. The average Bonchev–Trinajstić information content (AvgIpc) is 2.76. The van der Waals surface area contributed by atoms with Gasteiger partial charge in [0, 0.05) is 18.9 Å². The van der Waals surface area contributed by atoms with Crippen LogP contribution < -0.4 is 5.32 Å². The lowest BCUT2D eigenvalue weighted by Gasteiger charge is -2.07. The minimum Gasteiger partial charge on any atom is -0.322 e. The van der Waals surface area contributed by atoms with Crippen LogP contribution in [0.4, 0.5) is 5.69 Å². The van der Waals surface area contributed by atoms with Crippen LogP contribution in [0.1, 0.15) is 35.7 Å². The maximum Gasteiger partial charge on any atom is 0.258 e. The van der Waals surface area contributed by atoms with E-state index in [0.29, 0.717) is 11.5 Å². The number of carbonyl (C=O) groups excluding carboxylic acids is 1. The number of carbonyl (C=O) groups is 1. The Labute approximate surface area is 107 Å². The van der Waals surface area contributed by atoms with Crippen LogP contribution in [-0.2, 0) is 7.05 Å². The number of hydrogen-bond donors (Lipinski definition) is 1. The molecule has 4 heteroatoms. The SMILES string of the molecule is CC(C)c1ccc(NC(=O)c2cnn(C)c2)cc1. The molecule has 0 aliphatic heterocycles. The second kappa shape index (κ2) is 5.04. The summed E-state index contributed by atoms with van der Waals surface area (Å²) in [6, 6.07) is 7.90. The van der Waals surface area contributed by atoms with E-state index in [0.717, 1.165) is 5.69 Å². The molecule has 18 heavy (non-hydrogen) atoms. The Morgan fingerprint density at radius 3 is 2.44 bits per heavy atom. The normalized spacial score (nSPS) is 10.7. The lowest BCUT2D eigenvalue weighted by atomic mass is 10.0. The third-order valence-electron chi connectivity index (χ3n) is 2.80. The second-order valence-electron chi connectivity index (χ2n) is 4.63. The summed E-state index contributed by atoms with van der Waals surface area (Å²) in [5.74, 6) is 0.355. The number of aromatic nitrogens is 2. The first-order chi connectivity index (χ1) is 8.56.